The molecule has 2 aromatic rings. The number of esters is 1. The average molecular weight is 313 g/mol. The summed E-state index contributed by atoms with van der Waals surface area (Å²) in [7, 11) is 0. The number of rotatable bonds is 3. The number of hydrogen-bond donors (Lipinski definition) is 0. The van der Waals surface area contributed by atoms with Crippen LogP contribution >= 0.6 is 23.2 Å². The van der Waals surface area contributed by atoms with Gasteiger partial charge in [-0.15, -0.1) is 0 Å². The minimum absolute atomic E-state index is 0.334. The van der Waals surface area contributed by atoms with Gasteiger partial charge in [0.25, 0.3) is 0 Å². The van der Waals surface area contributed by atoms with Crippen molar-refractivity contribution in [3.05, 3.63) is 34.6 Å². The first-order valence-electron chi connectivity index (χ1n) is 6.18. The number of nitrogens with zero attached hydrogens (tertiary/aromatic N) is 2. The van der Waals surface area contributed by atoms with Crippen LogP contribution in [-0.2, 0) is 4.74 Å². The number of benzene rings is 1. The van der Waals surface area contributed by atoms with Crippen molar-refractivity contribution in [2.45, 2.75) is 25.6 Å². The number of hydrogen-bond acceptors (Lipinski definition) is 4. The third-order valence-electron chi connectivity index (χ3n) is 3.14. The van der Waals surface area contributed by atoms with Crippen LogP contribution in [0.4, 0.5) is 0 Å². The maximum absolute atomic E-state index is 12.0. The zero-order valence-electron chi connectivity index (χ0n) is 11.4. The van der Waals surface area contributed by atoms with E-state index in [1.165, 1.54) is 0 Å². The second-order valence-corrected chi connectivity index (χ2v) is 5.50. The molecule has 0 saturated heterocycles. The van der Waals surface area contributed by atoms with E-state index in [-0.39, 0.29) is 5.97 Å². The summed E-state index contributed by atoms with van der Waals surface area (Å²) < 4.78 is 5.09. The van der Waals surface area contributed by atoms with Crippen molar-refractivity contribution in [3.8, 4) is 0 Å². The first-order chi connectivity index (χ1) is 9.47. The number of fused-ring (bicyclic) bond motifs is 1. The topological polar surface area (TPSA) is 52.1 Å². The molecule has 2 rings (SSSR count). The molecule has 0 bridgehead atoms. The molecule has 0 spiro atoms. The van der Waals surface area contributed by atoms with Crippen LogP contribution < -0.4 is 0 Å². The van der Waals surface area contributed by atoms with Gasteiger partial charge in [-0.25, -0.2) is 4.79 Å². The summed E-state index contributed by atoms with van der Waals surface area (Å²) in [6.45, 7) is 5.81. The summed E-state index contributed by atoms with van der Waals surface area (Å²) in [5.41, 5.74) is 2.65. The Balaban J connectivity index is 2.74. The average Bonchev–Trinajstić information content (AvgIpc) is 2.38. The summed E-state index contributed by atoms with van der Waals surface area (Å²) >= 11 is 11.8. The number of aryl methyl sites for hydroxylation is 2. The maximum Gasteiger partial charge on any atom is 0.338 e. The molecule has 4 nitrogen and oxygen atoms in total. The Morgan fingerprint density at radius 1 is 1.35 bits per heavy atom. The second-order valence-electron chi connectivity index (χ2n) is 4.41. The Labute approximate surface area is 127 Å². The Hall–Kier alpha value is -1.39. The molecule has 0 N–H and O–H groups in total. The van der Waals surface area contributed by atoms with Crippen molar-refractivity contribution in [2.75, 3.05) is 6.61 Å². The van der Waals surface area contributed by atoms with Crippen LogP contribution in [0.2, 0.25) is 0 Å². The quantitative estimate of drug-likeness (QED) is 0.637. The minimum atomic E-state index is -0.765. The normalized spacial score (nSPS) is 11.1. The van der Waals surface area contributed by atoms with Crippen LogP contribution in [0.1, 0.15) is 38.9 Å². The highest BCUT2D eigenvalue weighted by Crippen LogP contribution is 2.32. The number of halogens is 2. The van der Waals surface area contributed by atoms with Crippen LogP contribution in [0.5, 0.6) is 0 Å². The third kappa shape index (κ3) is 2.58. The van der Waals surface area contributed by atoms with E-state index in [0.717, 1.165) is 21.9 Å². The smallest absolute Gasteiger partial charge is 0.338 e. The van der Waals surface area contributed by atoms with E-state index in [9.17, 15) is 4.79 Å². The Morgan fingerprint density at radius 3 is 2.65 bits per heavy atom. The number of aromatic nitrogens is 2. The van der Waals surface area contributed by atoms with Gasteiger partial charge < -0.3 is 4.74 Å². The first kappa shape index (κ1) is 15.0. The van der Waals surface area contributed by atoms with Crippen LogP contribution in [0.25, 0.3) is 10.8 Å². The predicted molar refractivity (Wildman–Crippen MR) is 79.4 cm³/mol. The van der Waals surface area contributed by atoms with Crippen molar-refractivity contribution in [2.24, 2.45) is 0 Å². The van der Waals surface area contributed by atoms with Gasteiger partial charge in [0.05, 0.1) is 18.4 Å². The molecular formula is C14H14Cl2N2O2. The summed E-state index contributed by atoms with van der Waals surface area (Å²) in [5.74, 6) is -0.337. The molecule has 0 amide bonds. The van der Waals surface area contributed by atoms with Gasteiger partial charge in [-0.2, -0.15) is 10.2 Å². The number of carbonyl (C=O) groups excluding carboxylic acids is 1. The number of alkyl halides is 2. The van der Waals surface area contributed by atoms with Crippen molar-refractivity contribution in [3.63, 3.8) is 0 Å². The maximum atomic E-state index is 12.0. The van der Waals surface area contributed by atoms with Gasteiger partial charge in [0, 0.05) is 10.8 Å². The summed E-state index contributed by atoms with van der Waals surface area (Å²) in [4.78, 5) is 11.3. The minimum Gasteiger partial charge on any atom is -0.462 e. The highest BCUT2D eigenvalue weighted by molar-refractivity contribution is 6.44. The molecular weight excluding hydrogens is 299 g/mol. The summed E-state index contributed by atoms with van der Waals surface area (Å²) in [5, 5.41) is 9.47. The number of ether oxygens (including phenoxy) is 1. The zero-order valence-corrected chi connectivity index (χ0v) is 12.9. The predicted octanol–water partition coefficient (Wildman–Crippen LogP) is 3.90. The molecule has 0 aliphatic heterocycles. The molecule has 0 fully saturated rings. The van der Waals surface area contributed by atoms with E-state index in [0.29, 0.717) is 17.9 Å². The zero-order chi connectivity index (χ0) is 14.9. The second kappa shape index (κ2) is 5.94. The Morgan fingerprint density at radius 2 is 2.05 bits per heavy atom. The van der Waals surface area contributed by atoms with Gasteiger partial charge in [-0.3, -0.25) is 0 Å². The molecule has 0 saturated carbocycles. The lowest BCUT2D eigenvalue weighted by molar-refractivity contribution is 0.0525. The van der Waals surface area contributed by atoms with E-state index in [1.807, 2.05) is 19.9 Å². The lowest BCUT2D eigenvalue weighted by Crippen LogP contribution is -2.10. The summed E-state index contributed by atoms with van der Waals surface area (Å²) in [6, 6.07) is 1.84. The van der Waals surface area contributed by atoms with Gasteiger partial charge in [0.2, 0.25) is 0 Å². The highest BCUT2D eigenvalue weighted by Gasteiger charge is 2.19. The fourth-order valence-corrected chi connectivity index (χ4v) is 2.58. The molecule has 0 unspecified atom stereocenters. The molecule has 1 heterocycles. The molecule has 0 radical (unpaired) electrons. The van der Waals surface area contributed by atoms with E-state index in [4.69, 9.17) is 27.9 Å². The van der Waals surface area contributed by atoms with E-state index in [1.54, 1.807) is 13.1 Å². The Kier molecular flexibility index (Phi) is 4.45. The summed E-state index contributed by atoms with van der Waals surface area (Å²) in [6.07, 6.45) is 1.60. The molecule has 1 aromatic carbocycles. The van der Waals surface area contributed by atoms with Crippen LogP contribution in [-0.4, -0.2) is 22.8 Å². The molecule has 0 aliphatic rings. The highest BCUT2D eigenvalue weighted by atomic mass is 35.5. The van der Waals surface area contributed by atoms with Crippen molar-refractivity contribution in [1.82, 2.24) is 10.2 Å². The molecule has 106 valence electrons. The van der Waals surface area contributed by atoms with Crippen LogP contribution in [0.3, 0.4) is 0 Å². The molecule has 0 aliphatic carbocycles. The van der Waals surface area contributed by atoms with Gasteiger partial charge in [-0.1, -0.05) is 23.2 Å². The first-order valence-corrected chi connectivity index (χ1v) is 7.05. The van der Waals surface area contributed by atoms with Crippen molar-refractivity contribution < 1.29 is 9.53 Å². The number of carbonyl (C=O) groups is 1. The van der Waals surface area contributed by atoms with Crippen LogP contribution in [0, 0.1) is 13.8 Å². The monoisotopic (exact) mass is 312 g/mol. The molecule has 0 atom stereocenters. The van der Waals surface area contributed by atoms with E-state index in [2.05, 4.69) is 10.2 Å². The van der Waals surface area contributed by atoms with E-state index >= 15 is 0 Å². The lowest BCUT2D eigenvalue weighted by Gasteiger charge is -2.13. The lowest BCUT2D eigenvalue weighted by atomic mass is 9.96. The SMILES string of the molecule is CCOC(=O)c1c(C)cc2c(C(Cl)Cl)nncc2c1C. The van der Waals surface area contributed by atoms with Gasteiger partial charge >= 0.3 is 5.97 Å². The largest absolute Gasteiger partial charge is 0.462 e. The van der Waals surface area contributed by atoms with Crippen LogP contribution in [0.15, 0.2) is 12.3 Å². The fourth-order valence-electron chi connectivity index (χ4n) is 2.26. The van der Waals surface area contributed by atoms with E-state index < -0.39 is 4.84 Å². The standard InChI is InChI=1S/C14H14Cl2N2O2/c1-4-20-14(19)11-7(2)5-9-10(8(11)3)6-17-18-12(9)13(15)16/h5-6,13H,4H2,1-3H3. The molecule has 20 heavy (non-hydrogen) atoms. The molecule has 6 heteroatoms. The van der Waals surface area contributed by atoms with Crippen molar-refractivity contribution >= 4 is 39.9 Å². The van der Waals surface area contributed by atoms with Gasteiger partial charge in [-0.05, 0) is 38.0 Å². The Bertz CT molecular complexity index is 672. The van der Waals surface area contributed by atoms with Gasteiger partial charge in [0.15, 0.2) is 4.84 Å². The fraction of sp³-hybridized carbons (Fsp3) is 0.357. The van der Waals surface area contributed by atoms with Crippen molar-refractivity contribution in [1.29, 1.82) is 0 Å². The van der Waals surface area contributed by atoms with Gasteiger partial charge in [0.1, 0.15) is 5.69 Å². The molecule has 1 aromatic heterocycles. The third-order valence-corrected chi connectivity index (χ3v) is 3.55.